The van der Waals surface area contributed by atoms with Gasteiger partial charge in [-0.2, -0.15) is 4.31 Å². The van der Waals surface area contributed by atoms with Crippen molar-refractivity contribution in [3.05, 3.63) is 29.3 Å². The average Bonchev–Trinajstić information content (AvgIpc) is 2.78. The molecule has 0 spiro atoms. The highest BCUT2D eigenvalue weighted by Crippen LogP contribution is 2.29. The molecule has 1 aromatic carbocycles. The minimum atomic E-state index is -3.54. The van der Waals surface area contributed by atoms with Gasteiger partial charge in [0.25, 0.3) is 0 Å². The van der Waals surface area contributed by atoms with E-state index in [1.165, 1.54) is 9.87 Å². The van der Waals surface area contributed by atoms with E-state index in [0.717, 1.165) is 44.1 Å². The van der Waals surface area contributed by atoms with Gasteiger partial charge in [-0.15, -0.1) is 0 Å². The van der Waals surface area contributed by atoms with Gasteiger partial charge in [-0.3, -0.25) is 9.59 Å². The minimum Gasteiger partial charge on any atom is -0.369 e. The molecule has 0 bridgehead atoms. The summed E-state index contributed by atoms with van der Waals surface area (Å²) in [5.41, 5.74) is 7.84. The number of likely N-dealkylation sites (tertiary alicyclic amines) is 1. The monoisotopic (exact) mass is 433 g/mol. The Bertz CT molecular complexity index is 922. The molecule has 3 aliphatic rings. The molecule has 1 atom stereocenters. The molecule has 2 amide bonds. The summed E-state index contributed by atoms with van der Waals surface area (Å²) in [5.74, 6) is -0.774. The molecule has 1 aliphatic carbocycles. The third kappa shape index (κ3) is 4.25. The number of carbonyl (C=O) groups is 2. The molecule has 7 nitrogen and oxygen atoms in total. The second kappa shape index (κ2) is 8.67. The van der Waals surface area contributed by atoms with Gasteiger partial charge in [0, 0.05) is 32.1 Å². The second-order valence-electron chi connectivity index (χ2n) is 8.84. The van der Waals surface area contributed by atoms with Gasteiger partial charge in [0.2, 0.25) is 21.8 Å². The largest absolute Gasteiger partial charge is 0.369 e. The number of amides is 2. The number of hydrogen-bond acceptors (Lipinski definition) is 4. The standard InChI is InChI=1S/C22H31N3O4S/c23-21(26)19-6-3-11-24(15-19)22(27)17-9-12-25(13-10-17)30(28,29)20-8-7-16-4-1-2-5-18(16)14-20/h7-8,14,17,19H,1-6,9-13,15H2,(H2,23,26). The fraction of sp³-hybridized carbons (Fsp3) is 0.636. The number of hydrogen-bond donors (Lipinski definition) is 1. The van der Waals surface area contributed by atoms with Gasteiger partial charge in [-0.05, 0) is 74.6 Å². The van der Waals surface area contributed by atoms with E-state index >= 15 is 0 Å². The number of primary amides is 1. The van der Waals surface area contributed by atoms with E-state index in [4.69, 9.17) is 5.73 Å². The number of carbonyl (C=O) groups excluding carboxylic acids is 2. The van der Waals surface area contributed by atoms with E-state index in [0.29, 0.717) is 43.9 Å². The lowest BCUT2D eigenvalue weighted by Gasteiger charge is -2.36. The summed E-state index contributed by atoms with van der Waals surface area (Å²) in [6.07, 6.45) is 6.78. The zero-order valence-electron chi connectivity index (χ0n) is 17.4. The van der Waals surface area contributed by atoms with E-state index in [9.17, 15) is 18.0 Å². The van der Waals surface area contributed by atoms with Gasteiger partial charge in [0.1, 0.15) is 0 Å². The molecule has 8 heteroatoms. The Kier molecular flexibility index (Phi) is 6.16. The number of piperidine rings is 2. The molecule has 1 aromatic rings. The van der Waals surface area contributed by atoms with E-state index < -0.39 is 10.0 Å². The fourth-order valence-electron chi connectivity index (χ4n) is 5.03. The summed E-state index contributed by atoms with van der Waals surface area (Å²) >= 11 is 0. The molecule has 2 aliphatic heterocycles. The molecule has 2 fully saturated rings. The van der Waals surface area contributed by atoms with Crippen LogP contribution in [0.15, 0.2) is 23.1 Å². The maximum Gasteiger partial charge on any atom is 0.243 e. The molecule has 2 heterocycles. The molecule has 0 radical (unpaired) electrons. The Morgan fingerprint density at radius 2 is 1.60 bits per heavy atom. The van der Waals surface area contributed by atoms with Crippen LogP contribution in [0.5, 0.6) is 0 Å². The number of nitrogens with zero attached hydrogens (tertiary/aromatic N) is 2. The van der Waals surface area contributed by atoms with E-state index in [2.05, 4.69) is 0 Å². The Morgan fingerprint density at radius 3 is 2.30 bits per heavy atom. The molecule has 30 heavy (non-hydrogen) atoms. The normalized spacial score (nSPS) is 23.7. The van der Waals surface area contributed by atoms with Crippen LogP contribution in [0.3, 0.4) is 0 Å². The maximum absolute atomic E-state index is 13.1. The third-order valence-corrected chi connectivity index (χ3v) is 8.79. The summed E-state index contributed by atoms with van der Waals surface area (Å²) in [6, 6.07) is 5.54. The van der Waals surface area contributed by atoms with Gasteiger partial charge in [0.05, 0.1) is 10.8 Å². The summed E-state index contributed by atoms with van der Waals surface area (Å²) in [6.45, 7) is 1.74. The average molecular weight is 434 g/mol. The highest BCUT2D eigenvalue weighted by Gasteiger charge is 2.36. The molecule has 1 unspecified atom stereocenters. The Labute approximate surface area is 178 Å². The van der Waals surface area contributed by atoms with Gasteiger partial charge in [-0.1, -0.05) is 6.07 Å². The number of sulfonamides is 1. The van der Waals surface area contributed by atoms with Crippen molar-refractivity contribution in [2.45, 2.75) is 56.3 Å². The molecular weight excluding hydrogens is 402 g/mol. The Balaban J connectivity index is 1.39. The number of benzene rings is 1. The van der Waals surface area contributed by atoms with Crippen molar-refractivity contribution in [3.63, 3.8) is 0 Å². The highest BCUT2D eigenvalue weighted by atomic mass is 32.2. The van der Waals surface area contributed by atoms with E-state index in [-0.39, 0.29) is 23.7 Å². The molecule has 2 saturated heterocycles. The Morgan fingerprint density at radius 1 is 0.900 bits per heavy atom. The predicted octanol–water partition coefficient (Wildman–Crippen LogP) is 1.69. The quantitative estimate of drug-likeness (QED) is 0.781. The smallest absolute Gasteiger partial charge is 0.243 e. The topological polar surface area (TPSA) is 101 Å². The van der Waals surface area contributed by atoms with Gasteiger partial charge in [-0.25, -0.2) is 8.42 Å². The number of rotatable bonds is 4. The van der Waals surface area contributed by atoms with Crippen LogP contribution >= 0.6 is 0 Å². The van der Waals surface area contributed by atoms with Crippen LogP contribution in [0.1, 0.15) is 49.7 Å². The predicted molar refractivity (Wildman–Crippen MR) is 113 cm³/mol. The van der Waals surface area contributed by atoms with Crippen molar-refractivity contribution in [2.24, 2.45) is 17.6 Å². The lowest BCUT2D eigenvalue weighted by atomic mass is 9.92. The van der Waals surface area contributed by atoms with Gasteiger partial charge >= 0.3 is 0 Å². The van der Waals surface area contributed by atoms with Crippen LogP contribution in [0.4, 0.5) is 0 Å². The molecule has 0 saturated carbocycles. The van der Waals surface area contributed by atoms with Crippen molar-refractivity contribution in [1.29, 1.82) is 0 Å². The first-order valence-electron chi connectivity index (χ1n) is 11.1. The maximum atomic E-state index is 13.1. The van der Waals surface area contributed by atoms with Crippen LogP contribution < -0.4 is 5.73 Å². The first kappa shape index (κ1) is 21.3. The molecular formula is C22H31N3O4S. The van der Waals surface area contributed by atoms with Crippen molar-refractivity contribution >= 4 is 21.8 Å². The van der Waals surface area contributed by atoms with Crippen molar-refractivity contribution < 1.29 is 18.0 Å². The van der Waals surface area contributed by atoms with Crippen molar-refractivity contribution in [3.8, 4) is 0 Å². The molecule has 4 rings (SSSR count). The fourth-order valence-corrected chi connectivity index (χ4v) is 6.55. The van der Waals surface area contributed by atoms with Crippen molar-refractivity contribution in [2.75, 3.05) is 26.2 Å². The van der Waals surface area contributed by atoms with Crippen LogP contribution in [-0.4, -0.2) is 55.6 Å². The SMILES string of the molecule is NC(=O)C1CCCN(C(=O)C2CCN(S(=O)(=O)c3ccc4c(c3)CCCC4)CC2)C1. The van der Waals surface area contributed by atoms with Crippen LogP contribution in [0.25, 0.3) is 0 Å². The van der Waals surface area contributed by atoms with Crippen LogP contribution in [-0.2, 0) is 32.5 Å². The summed E-state index contributed by atoms with van der Waals surface area (Å²) in [7, 11) is -3.54. The zero-order chi connectivity index (χ0) is 21.3. The van der Waals surface area contributed by atoms with Gasteiger partial charge < -0.3 is 10.6 Å². The lowest BCUT2D eigenvalue weighted by molar-refractivity contribution is -0.139. The number of nitrogens with two attached hydrogens (primary N) is 1. The third-order valence-electron chi connectivity index (χ3n) is 6.90. The van der Waals surface area contributed by atoms with Crippen molar-refractivity contribution in [1.82, 2.24) is 9.21 Å². The van der Waals surface area contributed by atoms with Gasteiger partial charge in [0.15, 0.2) is 0 Å². The lowest BCUT2D eigenvalue weighted by Crippen LogP contribution is -2.49. The first-order chi connectivity index (χ1) is 14.4. The molecule has 2 N–H and O–H groups in total. The summed E-state index contributed by atoms with van der Waals surface area (Å²) in [4.78, 5) is 26.5. The molecule has 0 aromatic heterocycles. The zero-order valence-corrected chi connectivity index (χ0v) is 18.2. The first-order valence-corrected chi connectivity index (χ1v) is 12.5. The van der Waals surface area contributed by atoms with E-state index in [1.807, 2.05) is 12.1 Å². The molecule has 164 valence electrons. The highest BCUT2D eigenvalue weighted by molar-refractivity contribution is 7.89. The minimum absolute atomic E-state index is 0.0341. The Hall–Kier alpha value is -1.93. The van der Waals surface area contributed by atoms with Crippen LogP contribution in [0, 0.1) is 11.8 Å². The number of aryl methyl sites for hydroxylation is 2. The van der Waals surface area contributed by atoms with Crippen LogP contribution in [0.2, 0.25) is 0 Å². The van der Waals surface area contributed by atoms with E-state index in [1.54, 1.807) is 11.0 Å². The second-order valence-corrected chi connectivity index (χ2v) is 10.8. The summed E-state index contributed by atoms with van der Waals surface area (Å²) < 4.78 is 27.8. The number of fused-ring (bicyclic) bond motifs is 1. The summed E-state index contributed by atoms with van der Waals surface area (Å²) in [5, 5.41) is 0.